The van der Waals surface area contributed by atoms with E-state index < -0.39 is 0 Å². The zero-order chi connectivity index (χ0) is 18.8. The number of aromatic nitrogens is 2. The number of carbonyl (C=O) groups excluding carboxylic acids is 2. The molecule has 6 nitrogen and oxygen atoms in total. The maximum atomic E-state index is 12.6. The summed E-state index contributed by atoms with van der Waals surface area (Å²) >= 11 is 0. The van der Waals surface area contributed by atoms with E-state index in [1.165, 1.54) is 0 Å². The number of rotatable bonds is 6. The quantitative estimate of drug-likeness (QED) is 0.708. The molecule has 6 heteroatoms. The Bertz CT molecular complexity index is 987. The summed E-state index contributed by atoms with van der Waals surface area (Å²) in [6, 6.07) is 15.4. The van der Waals surface area contributed by atoms with Crippen molar-refractivity contribution in [1.29, 1.82) is 0 Å². The Kier molecular flexibility index (Phi) is 4.62. The summed E-state index contributed by atoms with van der Waals surface area (Å²) in [4.78, 5) is 29.1. The van der Waals surface area contributed by atoms with Gasteiger partial charge in [0.1, 0.15) is 12.4 Å². The fraction of sp³-hybridized carbons (Fsp3) is 0.286. The normalized spacial score (nSPS) is 13.5. The van der Waals surface area contributed by atoms with Gasteiger partial charge in [0.05, 0.1) is 17.6 Å². The van der Waals surface area contributed by atoms with Crippen LogP contribution in [0.15, 0.2) is 48.5 Å². The number of para-hydroxylation sites is 2. The molecule has 2 amide bonds. The minimum Gasteiger partial charge on any atom is -0.349 e. The number of nitrogens with zero attached hydrogens (tertiary/aromatic N) is 2. The summed E-state index contributed by atoms with van der Waals surface area (Å²) in [5, 5.41) is 5.85. The molecule has 0 aliphatic heterocycles. The maximum Gasteiger partial charge on any atom is 0.244 e. The van der Waals surface area contributed by atoms with Gasteiger partial charge in [0, 0.05) is 11.6 Å². The molecule has 27 heavy (non-hydrogen) atoms. The van der Waals surface area contributed by atoms with Crippen LogP contribution in [0.2, 0.25) is 0 Å². The summed E-state index contributed by atoms with van der Waals surface area (Å²) in [6.07, 6.45) is 1.92. The molecule has 1 heterocycles. The van der Waals surface area contributed by atoms with Crippen molar-refractivity contribution in [2.24, 2.45) is 5.92 Å². The fourth-order valence-corrected chi connectivity index (χ4v) is 3.07. The molecule has 2 aromatic carbocycles. The third kappa shape index (κ3) is 4.00. The van der Waals surface area contributed by atoms with E-state index in [-0.39, 0.29) is 24.3 Å². The monoisotopic (exact) mass is 362 g/mol. The van der Waals surface area contributed by atoms with Crippen LogP contribution < -0.4 is 10.6 Å². The van der Waals surface area contributed by atoms with Gasteiger partial charge in [-0.25, -0.2) is 4.98 Å². The number of imidazole rings is 1. The SMILES string of the molecule is Cc1ccc(NC(=O)Cn2c(CNC(=O)C3CC3)nc3ccccc32)cc1. The first kappa shape index (κ1) is 17.3. The molecule has 2 N–H and O–H groups in total. The lowest BCUT2D eigenvalue weighted by molar-refractivity contribution is -0.122. The third-order valence-electron chi connectivity index (χ3n) is 4.74. The summed E-state index contributed by atoms with van der Waals surface area (Å²) in [7, 11) is 0. The van der Waals surface area contributed by atoms with Gasteiger partial charge >= 0.3 is 0 Å². The number of anilines is 1. The number of nitrogens with one attached hydrogen (secondary N) is 2. The van der Waals surface area contributed by atoms with Crippen LogP contribution in [0.1, 0.15) is 24.2 Å². The van der Waals surface area contributed by atoms with Crippen LogP contribution in [0.25, 0.3) is 11.0 Å². The van der Waals surface area contributed by atoms with Crippen LogP contribution in [0.3, 0.4) is 0 Å². The average molecular weight is 362 g/mol. The van der Waals surface area contributed by atoms with Gasteiger partial charge in [0.2, 0.25) is 11.8 Å². The van der Waals surface area contributed by atoms with Gasteiger partial charge in [-0.2, -0.15) is 0 Å². The topological polar surface area (TPSA) is 76.0 Å². The van der Waals surface area contributed by atoms with Crippen molar-refractivity contribution < 1.29 is 9.59 Å². The molecular formula is C21H22N4O2. The van der Waals surface area contributed by atoms with E-state index >= 15 is 0 Å². The molecule has 138 valence electrons. The molecule has 1 saturated carbocycles. The summed E-state index contributed by atoms with van der Waals surface area (Å²) < 4.78 is 1.87. The number of fused-ring (bicyclic) bond motifs is 1. The Morgan fingerprint density at radius 1 is 1.11 bits per heavy atom. The Hall–Kier alpha value is -3.15. The second-order valence-corrected chi connectivity index (χ2v) is 7.01. The molecular weight excluding hydrogens is 340 g/mol. The van der Waals surface area contributed by atoms with Gasteiger partial charge < -0.3 is 15.2 Å². The van der Waals surface area contributed by atoms with Crippen molar-refractivity contribution in [3.05, 3.63) is 59.9 Å². The highest BCUT2D eigenvalue weighted by Gasteiger charge is 2.29. The highest BCUT2D eigenvalue weighted by atomic mass is 16.2. The second-order valence-electron chi connectivity index (χ2n) is 7.01. The van der Waals surface area contributed by atoms with Crippen LogP contribution in [-0.4, -0.2) is 21.4 Å². The van der Waals surface area contributed by atoms with E-state index in [2.05, 4.69) is 15.6 Å². The van der Waals surface area contributed by atoms with Crippen molar-refractivity contribution in [2.45, 2.75) is 32.9 Å². The van der Waals surface area contributed by atoms with Crippen molar-refractivity contribution in [1.82, 2.24) is 14.9 Å². The minimum atomic E-state index is -0.128. The van der Waals surface area contributed by atoms with Gasteiger partial charge in [-0.05, 0) is 44.0 Å². The molecule has 0 saturated heterocycles. The molecule has 3 aromatic rings. The Labute approximate surface area is 157 Å². The molecule has 4 rings (SSSR count). The number of carbonyl (C=O) groups is 2. The minimum absolute atomic E-state index is 0.0673. The first-order valence-corrected chi connectivity index (χ1v) is 9.18. The summed E-state index contributed by atoms with van der Waals surface area (Å²) in [5.74, 6) is 0.770. The average Bonchev–Trinajstić information content (AvgIpc) is 3.46. The molecule has 1 fully saturated rings. The lowest BCUT2D eigenvalue weighted by atomic mass is 10.2. The van der Waals surface area contributed by atoms with E-state index in [1.54, 1.807) is 0 Å². The van der Waals surface area contributed by atoms with Gasteiger partial charge in [0.25, 0.3) is 0 Å². The molecule has 1 aliphatic carbocycles. The number of benzene rings is 2. The summed E-state index contributed by atoms with van der Waals surface area (Å²) in [5.41, 5.74) is 3.60. The number of amides is 2. The van der Waals surface area contributed by atoms with Crippen molar-refractivity contribution in [2.75, 3.05) is 5.32 Å². The van der Waals surface area contributed by atoms with E-state index in [4.69, 9.17) is 0 Å². The first-order chi connectivity index (χ1) is 13.1. The van der Waals surface area contributed by atoms with Gasteiger partial charge in [-0.1, -0.05) is 29.8 Å². The zero-order valence-corrected chi connectivity index (χ0v) is 15.2. The molecule has 1 aromatic heterocycles. The molecule has 0 spiro atoms. The van der Waals surface area contributed by atoms with E-state index in [9.17, 15) is 9.59 Å². The third-order valence-corrected chi connectivity index (χ3v) is 4.74. The van der Waals surface area contributed by atoms with Crippen LogP contribution in [-0.2, 0) is 22.7 Å². The van der Waals surface area contributed by atoms with E-state index in [1.807, 2.05) is 60.0 Å². The standard InChI is InChI=1S/C21H22N4O2/c1-14-6-10-16(11-7-14)23-20(26)13-25-18-5-3-2-4-17(18)24-19(25)12-22-21(27)15-8-9-15/h2-7,10-11,15H,8-9,12-13H2,1H3,(H,22,27)(H,23,26). The van der Waals surface area contributed by atoms with E-state index in [0.717, 1.165) is 35.1 Å². The number of aryl methyl sites for hydroxylation is 1. The fourth-order valence-electron chi connectivity index (χ4n) is 3.07. The van der Waals surface area contributed by atoms with Crippen LogP contribution >= 0.6 is 0 Å². The lowest BCUT2D eigenvalue weighted by Gasteiger charge is -2.11. The first-order valence-electron chi connectivity index (χ1n) is 9.18. The smallest absolute Gasteiger partial charge is 0.244 e. The Morgan fingerprint density at radius 2 is 1.85 bits per heavy atom. The molecule has 0 bridgehead atoms. The Balaban J connectivity index is 1.53. The van der Waals surface area contributed by atoms with Gasteiger partial charge in [-0.3, -0.25) is 9.59 Å². The van der Waals surface area contributed by atoms with E-state index in [0.29, 0.717) is 12.4 Å². The predicted octanol–water partition coefficient (Wildman–Crippen LogP) is 3.01. The van der Waals surface area contributed by atoms with Crippen molar-refractivity contribution >= 4 is 28.5 Å². The highest BCUT2D eigenvalue weighted by molar-refractivity contribution is 5.91. The maximum absolute atomic E-state index is 12.6. The van der Waals surface area contributed by atoms with Crippen LogP contribution in [0.4, 0.5) is 5.69 Å². The predicted molar refractivity (Wildman–Crippen MR) is 104 cm³/mol. The molecule has 0 atom stereocenters. The van der Waals surface area contributed by atoms with Crippen molar-refractivity contribution in [3.8, 4) is 0 Å². The lowest BCUT2D eigenvalue weighted by Crippen LogP contribution is -2.27. The zero-order valence-electron chi connectivity index (χ0n) is 15.2. The number of hydrogen-bond donors (Lipinski definition) is 2. The van der Waals surface area contributed by atoms with Crippen molar-refractivity contribution in [3.63, 3.8) is 0 Å². The largest absolute Gasteiger partial charge is 0.349 e. The Morgan fingerprint density at radius 3 is 2.59 bits per heavy atom. The summed E-state index contributed by atoms with van der Waals surface area (Å²) in [6.45, 7) is 2.47. The van der Waals surface area contributed by atoms with Gasteiger partial charge in [0.15, 0.2) is 0 Å². The van der Waals surface area contributed by atoms with Crippen LogP contribution in [0, 0.1) is 12.8 Å². The van der Waals surface area contributed by atoms with Crippen LogP contribution in [0.5, 0.6) is 0 Å². The van der Waals surface area contributed by atoms with Gasteiger partial charge in [-0.15, -0.1) is 0 Å². The molecule has 0 unspecified atom stereocenters. The highest BCUT2D eigenvalue weighted by Crippen LogP contribution is 2.28. The molecule has 0 radical (unpaired) electrons. The number of hydrogen-bond acceptors (Lipinski definition) is 3. The second kappa shape index (κ2) is 7.23. The molecule has 1 aliphatic rings.